The number of carbonyl (C=O) groups is 1. The number of rotatable bonds is 6. The number of nitrogens with two attached hydrogens (primary N) is 1. The van der Waals surface area contributed by atoms with Gasteiger partial charge in [-0.3, -0.25) is 9.59 Å². The fourth-order valence-corrected chi connectivity index (χ4v) is 2.72. The highest BCUT2D eigenvalue weighted by atomic mass is 16.2. The summed E-state index contributed by atoms with van der Waals surface area (Å²) in [5.74, 6) is 0.285. The number of anilines is 1. The number of hydrogen-bond donors (Lipinski definition) is 3. The quantitative estimate of drug-likeness (QED) is 0.589. The topological polar surface area (TPSA) is 106 Å². The summed E-state index contributed by atoms with van der Waals surface area (Å²) in [5.41, 5.74) is 8.54. The number of pyridine rings is 1. The minimum absolute atomic E-state index is 0.271. The van der Waals surface area contributed by atoms with Crippen LogP contribution in [0.5, 0.6) is 0 Å². The molecule has 1 aromatic carbocycles. The normalized spacial score (nSPS) is 10.7. The van der Waals surface area contributed by atoms with Crippen molar-refractivity contribution in [2.24, 2.45) is 0 Å². The predicted octanol–water partition coefficient (Wildman–Crippen LogP) is 1.81. The molecule has 2 heterocycles. The van der Waals surface area contributed by atoms with Gasteiger partial charge in [-0.2, -0.15) is 5.10 Å². The zero-order valence-electron chi connectivity index (χ0n) is 14.5. The number of amides is 1. The van der Waals surface area contributed by atoms with Crippen molar-refractivity contribution in [2.45, 2.75) is 19.8 Å². The second-order valence-corrected chi connectivity index (χ2v) is 6.10. The summed E-state index contributed by atoms with van der Waals surface area (Å²) in [4.78, 5) is 26.0. The van der Waals surface area contributed by atoms with Crippen LogP contribution in [0.3, 0.4) is 0 Å². The fourth-order valence-electron chi connectivity index (χ4n) is 2.72. The van der Waals surface area contributed by atoms with E-state index in [0.29, 0.717) is 25.2 Å². The van der Waals surface area contributed by atoms with Crippen molar-refractivity contribution in [1.82, 2.24) is 20.1 Å². The molecule has 0 radical (unpaired) electrons. The second-order valence-electron chi connectivity index (χ2n) is 6.10. The van der Waals surface area contributed by atoms with Crippen LogP contribution in [-0.2, 0) is 6.42 Å². The SMILES string of the molecule is Cc1cc(C(=O)NCCCc2cc(N)n(-c3ccccc3)n2)[nH]c(=O)c1. The van der Waals surface area contributed by atoms with Gasteiger partial charge in [0.25, 0.3) is 5.91 Å². The molecule has 3 rings (SSSR count). The van der Waals surface area contributed by atoms with E-state index in [2.05, 4.69) is 15.4 Å². The zero-order valence-corrected chi connectivity index (χ0v) is 14.5. The lowest BCUT2D eigenvalue weighted by Crippen LogP contribution is -2.27. The van der Waals surface area contributed by atoms with Crippen LogP contribution in [0.15, 0.2) is 53.3 Å². The van der Waals surface area contributed by atoms with E-state index >= 15 is 0 Å². The Bertz CT molecular complexity index is 960. The van der Waals surface area contributed by atoms with Crippen LogP contribution in [-0.4, -0.2) is 27.2 Å². The van der Waals surface area contributed by atoms with Crippen molar-refractivity contribution >= 4 is 11.7 Å². The molecule has 0 atom stereocenters. The van der Waals surface area contributed by atoms with E-state index < -0.39 is 0 Å². The van der Waals surface area contributed by atoms with E-state index in [1.165, 1.54) is 6.07 Å². The molecule has 0 bridgehead atoms. The van der Waals surface area contributed by atoms with Crippen molar-refractivity contribution in [3.8, 4) is 5.69 Å². The van der Waals surface area contributed by atoms with E-state index in [0.717, 1.165) is 16.9 Å². The zero-order chi connectivity index (χ0) is 18.5. The third-order valence-corrected chi connectivity index (χ3v) is 3.92. The Morgan fingerprint density at radius 1 is 1.23 bits per heavy atom. The van der Waals surface area contributed by atoms with Gasteiger partial charge in [0.15, 0.2) is 0 Å². The van der Waals surface area contributed by atoms with Gasteiger partial charge in [-0.05, 0) is 43.5 Å². The van der Waals surface area contributed by atoms with Crippen LogP contribution in [0.2, 0.25) is 0 Å². The third-order valence-electron chi connectivity index (χ3n) is 3.92. The molecular formula is C19H21N5O2. The van der Waals surface area contributed by atoms with Crippen LogP contribution >= 0.6 is 0 Å². The summed E-state index contributed by atoms with van der Waals surface area (Å²) in [7, 11) is 0. The molecule has 0 saturated carbocycles. The summed E-state index contributed by atoms with van der Waals surface area (Å²) in [6, 6.07) is 14.6. The van der Waals surface area contributed by atoms with Crippen molar-refractivity contribution in [3.63, 3.8) is 0 Å². The predicted molar refractivity (Wildman–Crippen MR) is 100 cm³/mol. The van der Waals surface area contributed by atoms with E-state index in [9.17, 15) is 9.59 Å². The summed E-state index contributed by atoms with van der Waals surface area (Å²) >= 11 is 0. The molecule has 0 aliphatic carbocycles. The van der Waals surface area contributed by atoms with Gasteiger partial charge in [0.05, 0.1) is 11.4 Å². The lowest BCUT2D eigenvalue weighted by molar-refractivity contribution is 0.0948. The van der Waals surface area contributed by atoms with Crippen LogP contribution in [0.1, 0.15) is 28.2 Å². The third kappa shape index (κ3) is 4.18. The number of aromatic amines is 1. The minimum atomic E-state index is -0.292. The van der Waals surface area contributed by atoms with E-state index in [1.54, 1.807) is 17.7 Å². The first kappa shape index (κ1) is 17.5. The van der Waals surface area contributed by atoms with E-state index in [1.807, 2.05) is 36.4 Å². The average molecular weight is 351 g/mol. The van der Waals surface area contributed by atoms with Crippen LogP contribution in [0.25, 0.3) is 5.69 Å². The number of hydrogen-bond acceptors (Lipinski definition) is 4. The van der Waals surface area contributed by atoms with Crippen molar-refractivity contribution in [2.75, 3.05) is 12.3 Å². The van der Waals surface area contributed by atoms with Gasteiger partial charge in [-0.1, -0.05) is 18.2 Å². The summed E-state index contributed by atoms with van der Waals surface area (Å²) < 4.78 is 1.70. The monoisotopic (exact) mass is 351 g/mol. The van der Waals surface area contributed by atoms with Gasteiger partial charge >= 0.3 is 0 Å². The maximum Gasteiger partial charge on any atom is 0.267 e. The molecule has 0 unspecified atom stereocenters. The summed E-state index contributed by atoms with van der Waals surface area (Å²) in [6.45, 7) is 2.26. The highest BCUT2D eigenvalue weighted by Crippen LogP contribution is 2.14. The molecule has 0 saturated heterocycles. The second kappa shape index (κ2) is 7.69. The highest BCUT2D eigenvalue weighted by molar-refractivity contribution is 5.92. The molecule has 26 heavy (non-hydrogen) atoms. The molecular weight excluding hydrogens is 330 g/mol. The Hall–Kier alpha value is -3.35. The fraction of sp³-hybridized carbons (Fsp3) is 0.211. The number of aromatic nitrogens is 3. The van der Waals surface area contributed by atoms with Gasteiger partial charge in [0.1, 0.15) is 11.5 Å². The smallest absolute Gasteiger partial charge is 0.267 e. The molecule has 2 aromatic heterocycles. The Morgan fingerprint density at radius 3 is 2.73 bits per heavy atom. The number of para-hydroxylation sites is 1. The van der Waals surface area contributed by atoms with Gasteiger partial charge in [0.2, 0.25) is 5.56 Å². The molecule has 4 N–H and O–H groups in total. The van der Waals surface area contributed by atoms with Crippen molar-refractivity contribution in [1.29, 1.82) is 0 Å². The van der Waals surface area contributed by atoms with Crippen molar-refractivity contribution in [3.05, 3.63) is 75.8 Å². The number of benzene rings is 1. The summed E-state index contributed by atoms with van der Waals surface area (Å²) in [5, 5.41) is 7.31. The highest BCUT2D eigenvalue weighted by Gasteiger charge is 2.09. The molecule has 134 valence electrons. The molecule has 0 spiro atoms. The first-order valence-electron chi connectivity index (χ1n) is 8.42. The van der Waals surface area contributed by atoms with Gasteiger partial charge in [-0.15, -0.1) is 0 Å². The first-order valence-corrected chi connectivity index (χ1v) is 8.42. The Balaban J connectivity index is 1.54. The first-order chi connectivity index (χ1) is 12.5. The van der Waals surface area contributed by atoms with Gasteiger partial charge in [-0.25, -0.2) is 4.68 Å². The van der Waals surface area contributed by atoms with Crippen LogP contribution < -0.4 is 16.6 Å². The molecule has 7 nitrogen and oxygen atoms in total. The molecule has 7 heteroatoms. The Kier molecular flexibility index (Phi) is 5.17. The minimum Gasteiger partial charge on any atom is -0.384 e. The number of nitrogen functional groups attached to an aromatic ring is 1. The lowest BCUT2D eigenvalue weighted by Gasteiger charge is -2.05. The number of carbonyl (C=O) groups excluding carboxylic acids is 1. The van der Waals surface area contributed by atoms with Crippen LogP contribution in [0.4, 0.5) is 5.82 Å². The van der Waals surface area contributed by atoms with Gasteiger partial charge in [0, 0.05) is 18.7 Å². The maximum absolute atomic E-state index is 12.1. The van der Waals surface area contributed by atoms with Crippen molar-refractivity contribution < 1.29 is 4.79 Å². The molecule has 0 aliphatic rings. The lowest BCUT2D eigenvalue weighted by atomic mass is 10.2. The summed E-state index contributed by atoms with van der Waals surface area (Å²) in [6.07, 6.45) is 1.40. The number of aryl methyl sites for hydroxylation is 2. The van der Waals surface area contributed by atoms with E-state index in [4.69, 9.17) is 5.73 Å². The largest absolute Gasteiger partial charge is 0.384 e. The average Bonchev–Trinajstić information content (AvgIpc) is 2.99. The standard InChI is InChI=1S/C19H21N5O2/c1-13-10-16(22-18(25)11-13)19(26)21-9-5-6-14-12-17(20)24(23-14)15-7-3-2-4-8-15/h2-4,7-8,10-12H,5-6,9,20H2,1H3,(H,21,26)(H,22,25). The molecule has 0 aliphatic heterocycles. The number of nitrogens with one attached hydrogen (secondary N) is 2. The maximum atomic E-state index is 12.1. The number of H-pyrrole nitrogens is 1. The van der Waals surface area contributed by atoms with E-state index in [-0.39, 0.29) is 17.2 Å². The molecule has 3 aromatic rings. The molecule has 0 fully saturated rings. The van der Waals surface area contributed by atoms with Crippen LogP contribution in [0, 0.1) is 6.92 Å². The van der Waals surface area contributed by atoms with Gasteiger partial charge < -0.3 is 16.0 Å². The number of nitrogens with zero attached hydrogens (tertiary/aromatic N) is 2. The Labute approximate surface area is 150 Å². The Morgan fingerprint density at radius 2 is 2.00 bits per heavy atom. The molecule has 1 amide bonds.